The summed E-state index contributed by atoms with van der Waals surface area (Å²) in [5.74, 6) is -0.200. The highest BCUT2D eigenvalue weighted by Gasteiger charge is 2.07. The lowest BCUT2D eigenvalue weighted by Gasteiger charge is -2.07. The van der Waals surface area contributed by atoms with E-state index in [9.17, 15) is 9.59 Å². The molecule has 3 aromatic rings. The molecule has 0 aliphatic carbocycles. The molecule has 3 rings (SSSR count). The molecule has 1 aromatic heterocycles. The number of amides is 1. The number of carbonyl (C=O) groups excluding carboxylic acids is 2. The minimum Gasteiger partial charge on any atom is -0.322 e. The number of rotatable bonds is 5. The molecule has 0 saturated heterocycles. The second-order valence-corrected chi connectivity index (χ2v) is 5.38. The van der Waals surface area contributed by atoms with Crippen LogP contribution in [0, 0.1) is 0 Å². The van der Waals surface area contributed by atoms with Gasteiger partial charge < -0.3 is 5.32 Å². The van der Waals surface area contributed by atoms with Crippen LogP contribution in [0.2, 0.25) is 0 Å². The number of anilines is 1. The predicted molar refractivity (Wildman–Crippen MR) is 90.0 cm³/mol. The Kier molecular flexibility index (Phi) is 4.47. The Morgan fingerprint density at radius 2 is 1.67 bits per heavy atom. The summed E-state index contributed by atoms with van der Waals surface area (Å²) in [5, 5.41) is 6.86. The first-order valence-electron chi connectivity index (χ1n) is 7.45. The molecule has 0 saturated carbocycles. The number of carbonyl (C=O) groups is 2. The molecule has 120 valence electrons. The van der Waals surface area contributed by atoms with E-state index in [1.54, 1.807) is 47.4 Å². The van der Waals surface area contributed by atoms with Gasteiger partial charge in [0.2, 0.25) is 0 Å². The van der Waals surface area contributed by atoms with Crippen molar-refractivity contribution in [3.63, 3.8) is 0 Å². The van der Waals surface area contributed by atoms with E-state index in [-0.39, 0.29) is 11.7 Å². The quantitative estimate of drug-likeness (QED) is 0.733. The van der Waals surface area contributed by atoms with E-state index < -0.39 is 0 Å². The van der Waals surface area contributed by atoms with Crippen molar-refractivity contribution in [2.24, 2.45) is 0 Å². The van der Waals surface area contributed by atoms with Gasteiger partial charge in [-0.25, -0.2) is 9.67 Å². The predicted octanol–water partition coefficient (Wildman–Crippen LogP) is 2.78. The zero-order valence-corrected chi connectivity index (χ0v) is 13.1. The highest BCUT2D eigenvalue weighted by Crippen LogP contribution is 2.13. The maximum atomic E-state index is 12.3. The number of Topliss-reactive ketones (excluding diaryl/α,β-unsaturated/α-hetero) is 1. The van der Waals surface area contributed by atoms with Gasteiger partial charge in [-0.3, -0.25) is 9.59 Å². The second kappa shape index (κ2) is 6.87. The van der Waals surface area contributed by atoms with Gasteiger partial charge in [0.05, 0.1) is 6.54 Å². The van der Waals surface area contributed by atoms with Crippen LogP contribution in [0.3, 0.4) is 0 Å². The van der Waals surface area contributed by atoms with Crippen molar-refractivity contribution < 1.29 is 9.59 Å². The zero-order valence-electron chi connectivity index (χ0n) is 13.1. The zero-order chi connectivity index (χ0) is 16.9. The van der Waals surface area contributed by atoms with Gasteiger partial charge in [-0.1, -0.05) is 12.1 Å². The van der Waals surface area contributed by atoms with Crippen LogP contribution in [-0.4, -0.2) is 26.5 Å². The molecule has 1 amide bonds. The number of nitrogens with zero attached hydrogens (tertiary/aromatic N) is 3. The number of ketones is 1. The summed E-state index contributed by atoms with van der Waals surface area (Å²) in [4.78, 5) is 27.4. The first kappa shape index (κ1) is 15.6. The van der Waals surface area contributed by atoms with Crippen LogP contribution in [0.15, 0.2) is 61.2 Å². The van der Waals surface area contributed by atoms with Crippen molar-refractivity contribution in [1.29, 1.82) is 0 Å². The lowest BCUT2D eigenvalue weighted by molar-refractivity contribution is 0.101. The van der Waals surface area contributed by atoms with Crippen LogP contribution in [0.4, 0.5) is 5.69 Å². The molecular formula is C18H16N4O2. The van der Waals surface area contributed by atoms with E-state index in [2.05, 4.69) is 15.4 Å². The van der Waals surface area contributed by atoms with Gasteiger partial charge in [-0.05, 0) is 48.9 Å². The number of nitrogens with one attached hydrogen (secondary N) is 1. The maximum Gasteiger partial charge on any atom is 0.255 e. The van der Waals surface area contributed by atoms with Gasteiger partial charge in [0, 0.05) is 16.8 Å². The number of benzene rings is 2. The molecule has 0 aliphatic heterocycles. The Morgan fingerprint density at radius 3 is 2.25 bits per heavy atom. The van der Waals surface area contributed by atoms with E-state index in [0.717, 1.165) is 5.56 Å². The Balaban J connectivity index is 1.65. The normalized spacial score (nSPS) is 10.4. The molecule has 0 radical (unpaired) electrons. The van der Waals surface area contributed by atoms with Gasteiger partial charge in [0.1, 0.15) is 12.7 Å². The molecule has 1 heterocycles. The minimum atomic E-state index is -0.196. The van der Waals surface area contributed by atoms with Crippen LogP contribution in [-0.2, 0) is 6.54 Å². The Morgan fingerprint density at radius 1 is 1.00 bits per heavy atom. The smallest absolute Gasteiger partial charge is 0.255 e. The molecule has 24 heavy (non-hydrogen) atoms. The molecule has 6 nitrogen and oxygen atoms in total. The van der Waals surface area contributed by atoms with Gasteiger partial charge in [0.15, 0.2) is 5.78 Å². The van der Waals surface area contributed by atoms with Gasteiger partial charge in [-0.2, -0.15) is 5.10 Å². The Hall–Kier alpha value is -3.28. The topological polar surface area (TPSA) is 76.9 Å². The van der Waals surface area contributed by atoms with E-state index in [4.69, 9.17) is 0 Å². The summed E-state index contributed by atoms with van der Waals surface area (Å²) in [6.45, 7) is 2.11. The highest BCUT2D eigenvalue weighted by atomic mass is 16.1. The van der Waals surface area contributed by atoms with Crippen molar-refractivity contribution >= 4 is 17.4 Å². The lowest BCUT2D eigenvalue weighted by Crippen LogP contribution is -2.12. The third-order valence-corrected chi connectivity index (χ3v) is 3.58. The minimum absolute atomic E-state index is 0.00385. The van der Waals surface area contributed by atoms with Crippen molar-refractivity contribution in [2.45, 2.75) is 13.5 Å². The standard InChI is InChI=1S/C18H16N4O2/c1-13(23)15-6-8-17(9-7-15)21-18(24)16-4-2-14(3-5-16)10-22-12-19-11-20-22/h2-9,11-12H,10H2,1H3,(H,21,24). The SMILES string of the molecule is CC(=O)c1ccc(NC(=O)c2ccc(Cn3cncn3)cc2)cc1. The molecule has 0 atom stereocenters. The molecule has 1 N–H and O–H groups in total. The monoisotopic (exact) mass is 320 g/mol. The third kappa shape index (κ3) is 3.73. The van der Waals surface area contributed by atoms with E-state index in [0.29, 0.717) is 23.4 Å². The fourth-order valence-electron chi connectivity index (χ4n) is 2.25. The third-order valence-electron chi connectivity index (χ3n) is 3.58. The molecule has 0 bridgehead atoms. The van der Waals surface area contributed by atoms with Crippen molar-refractivity contribution in [3.05, 3.63) is 77.9 Å². The van der Waals surface area contributed by atoms with Crippen LogP contribution < -0.4 is 5.32 Å². The lowest BCUT2D eigenvalue weighted by atomic mass is 10.1. The van der Waals surface area contributed by atoms with Crippen LogP contribution in [0.1, 0.15) is 33.2 Å². The molecule has 0 aliphatic rings. The summed E-state index contributed by atoms with van der Waals surface area (Å²) in [7, 11) is 0. The molecule has 6 heteroatoms. The molecular weight excluding hydrogens is 304 g/mol. The average Bonchev–Trinajstić information content (AvgIpc) is 3.09. The fraction of sp³-hybridized carbons (Fsp3) is 0.111. The second-order valence-electron chi connectivity index (χ2n) is 5.38. The number of aromatic nitrogens is 3. The van der Waals surface area contributed by atoms with Gasteiger partial charge in [-0.15, -0.1) is 0 Å². The Labute approximate surface area is 139 Å². The molecule has 0 fully saturated rings. The summed E-state index contributed by atoms with van der Waals surface area (Å²) in [6.07, 6.45) is 3.13. The van der Waals surface area contributed by atoms with Crippen LogP contribution in [0.25, 0.3) is 0 Å². The van der Waals surface area contributed by atoms with Crippen molar-refractivity contribution in [3.8, 4) is 0 Å². The summed E-state index contributed by atoms with van der Waals surface area (Å²) >= 11 is 0. The molecule has 0 spiro atoms. The fourth-order valence-corrected chi connectivity index (χ4v) is 2.25. The van der Waals surface area contributed by atoms with Gasteiger partial charge in [0.25, 0.3) is 5.91 Å². The first-order chi connectivity index (χ1) is 11.6. The van der Waals surface area contributed by atoms with Crippen LogP contribution >= 0.6 is 0 Å². The van der Waals surface area contributed by atoms with Crippen molar-refractivity contribution in [1.82, 2.24) is 14.8 Å². The van der Waals surface area contributed by atoms with Crippen molar-refractivity contribution in [2.75, 3.05) is 5.32 Å². The molecule has 0 unspecified atom stereocenters. The van der Waals surface area contributed by atoms with Crippen LogP contribution in [0.5, 0.6) is 0 Å². The van der Waals surface area contributed by atoms with E-state index >= 15 is 0 Å². The van der Waals surface area contributed by atoms with Gasteiger partial charge >= 0.3 is 0 Å². The number of hydrogen-bond donors (Lipinski definition) is 1. The summed E-state index contributed by atoms with van der Waals surface area (Å²) in [6, 6.07) is 14.1. The maximum absolute atomic E-state index is 12.3. The van der Waals surface area contributed by atoms with E-state index in [1.807, 2.05) is 12.1 Å². The summed E-state index contributed by atoms with van der Waals surface area (Å²) in [5.41, 5.74) is 2.86. The molecule has 2 aromatic carbocycles. The Bertz CT molecular complexity index is 838. The summed E-state index contributed by atoms with van der Waals surface area (Å²) < 4.78 is 1.71. The first-order valence-corrected chi connectivity index (χ1v) is 7.45. The highest BCUT2D eigenvalue weighted by molar-refractivity contribution is 6.04. The van der Waals surface area contributed by atoms with E-state index in [1.165, 1.54) is 13.3 Å². The number of hydrogen-bond acceptors (Lipinski definition) is 4. The average molecular weight is 320 g/mol. The largest absolute Gasteiger partial charge is 0.322 e.